The molecule has 0 aromatic carbocycles. The summed E-state index contributed by atoms with van der Waals surface area (Å²) in [6.07, 6.45) is 62.7. The number of rotatable bonds is 44. The molecule has 1 atom stereocenters. The van der Waals surface area contributed by atoms with Crippen molar-refractivity contribution >= 4 is 17.9 Å². The van der Waals surface area contributed by atoms with Crippen LogP contribution in [-0.2, 0) is 28.6 Å². The normalized spacial score (nSPS) is 12.8. The smallest absolute Gasteiger partial charge is 0.306 e. The van der Waals surface area contributed by atoms with Gasteiger partial charge in [-0.05, 0) is 109 Å². The first-order chi connectivity index (χ1) is 30.0. The molecule has 6 heteroatoms. The molecule has 0 aromatic heterocycles. The molecular weight excluding hydrogens is 757 g/mol. The monoisotopic (exact) mass is 849 g/mol. The van der Waals surface area contributed by atoms with Crippen LogP contribution in [0.15, 0.2) is 85.1 Å². The van der Waals surface area contributed by atoms with Crippen LogP contribution in [0.2, 0.25) is 0 Å². The molecule has 0 amide bonds. The molecule has 0 aliphatic carbocycles. The predicted octanol–water partition coefficient (Wildman–Crippen LogP) is 16.4. The van der Waals surface area contributed by atoms with E-state index < -0.39 is 6.10 Å². The van der Waals surface area contributed by atoms with Gasteiger partial charge in [-0.3, -0.25) is 14.4 Å². The van der Waals surface area contributed by atoms with Gasteiger partial charge in [-0.25, -0.2) is 0 Å². The second-order valence-corrected chi connectivity index (χ2v) is 16.3. The average molecular weight is 849 g/mol. The largest absolute Gasteiger partial charge is 0.462 e. The second-order valence-electron chi connectivity index (χ2n) is 16.3. The lowest BCUT2D eigenvalue weighted by Crippen LogP contribution is -2.30. The molecule has 0 bridgehead atoms. The Morgan fingerprint density at radius 1 is 0.344 bits per heavy atom. The van der Waals surface area contributed by atoms with Crippen LogP contribution in [0.3, 0.4) is 0 Å². The maximum absolute atomic E-state index is 12.8. The molecule has 0 heterocycles. The molecule has 0 aliphatic rings. The Bertz CT molecular complexity index is 1200. The summed E-state index contributed by atoms with van der Waals surface area (Å²) in [7, 11) is 0. The Balaban J connectivity index is 4.46. The van der Waals surface area contributed by atoms with Crippen LogP contribution in [0.25, 0.3) is 0 Å². The van der Waals surface area contributed by atoms with Gasteiger partial charge >= 0.3 is 17.9 Å². The Labute approximate surface area is 375 Å². The highest BCUT2D eigenvalue weighted by Gasteiger charge is 2.19. The zero-order chi connectivity index (χ0) is 44.4. The topological polar surface area (TPSA) is 78.9 Å². The Morgan fingerprint density at radius 2 is 0.672 bits per heavy atom. The van der Waals surface area contributed by atoms with E-state index in [1.54, 1.807) is 0 Å². The van der Waals surface area contributed by atoms with Gasteiger partial charge in [0.05, 0.1) is 0 Å². The summed E-state index contributed by atoms with van der Waals surface area (Å²) < 4.78 is 16.7. The SMILES string of the molecule is CC/C=C\C/C=C\C/C=C\C/C=C\CCCCCCC(=O)OCC(COC(=O)CCCCCCC/C=C\CCCCCC)OC(=O)CCCCCCC/C=C\C/C=C\CCC. The van der Waals surface area contributed by atoms with Crippen LogP contribution in [-0.4, -0.2) is 37.2 Å². The standard InChI is InChI=1S/C55H92O6/c1-4-7-10-13-16-19-22-25-26-27-28-31-33-36-39-42-45-48-54(57)60-51-52(61-55(58)49-46-43-40-37-34-30-24-21-18-15-12-9-6-3)50-59-53(56)47-44-41-38-35-32-29-23-20-17-14-11-8-5-2/h7,10,12,15-16,19-21,23-26,28,31,52H,4-6,8-9,11,13-14,17-18,22,27,29-30,32-51H2,1-3H3/b10-7-,15-12-,19-16-,23-20-,24-21-,26-25-,31-28-. The summed E-state index contributed by atoms with van der Waals surface area (Å²) in [4.78, 5) is 37.9. The van der Waals surface area contributed by atoms with Gasteiger partial charge in [0.25, 0.3) is 0 Å². The maximum Gasteiger partial charge on any atom is 0.306 e. The zero-order valence-electron chi connectivity index (χ0n) is 39.7. The highest BCUT2D eigenvalue weighted by molar-refractivity contribution is 5.71. The summed E-state index contributed by atoms with van der Waals surface area (Å²) >= 11 is 0. The molecule has 0 saturated heterocycles. The minimum Gasteiger partial charge on any atom is -0.462 e. The fraction of sp³-hybridized carbons (Fsp3) is 0.691. The maximum atomic E-state index is 12.8. The molecular formula is C55H92O6. The van der Waals surface area contributed by atoms with Crippen molar-refractivity contribution in [2.24, 2.45) is 0 Å². The van der Waals surface area contributed by atoms with Crippen molar-refractivity contribution in [3.05, 3.63) is 85.1 Å². The summed E-state index contributed by atoms with van der Waals surface area (Å²) in [5.41, 5.74) is 0. The van der Waals surface area contributed by atoms with Crippen molar-refractivity contribution in [2.75, 3.05) is 13.2 Å². The van der Waals surface area contributed by atoms with Crippen LogP contribution in [0.5, 0.6) is 0 Å². The van der Waals surface area contributed by atoms with E-state index in [-0.39, 0.29) is 31.1 Å². The van der Waals surface area contributed by atoms with Gasteiger partial charge in [-0.15, -0.1) is 0 Å². The average Bonchev–Trinajstić information content (AvgIpc) is 3.26. The number of hydrogen-bond donors (Lipinski definition) is 0. The molecule has 61 heavy (non-hydrogen) atoms. The van der Waals surface area contributed by atoms with E-state index in [2.05, 4.69) is 106 Å². The van der Waals surface area contributed by atoms with E-state index in [0.717, 1.165) is 135 Å². The highest BCUT2D eigenvalue weighted by Crippen LogP contribution is 2.13. The third kappa shape index (κ3) is 47.5. The second kappa shape index (κ2) is 49.2. The van der Waals surface area contributed by atoms with Crippen molar-refractivity contribution in [3.8, 4) is 0 Å². The van der Waals surface area contributed by atoms with Crippen LogP contribution >= 0.6 is 0 Å². The quantitative estimate of drug-likeness (QED) is 0.0263. The van der Waals surface area contributed by atoms with E-state index in [1.807, 2.05) is 0 Å². The fourth-order valence-electron chi connectivity index (χ4n) is 6.58. The van der Waals surface area contributed by atoms with Gasteiger partial charge in [0, 0.05) is 19.3 Å². The molecule has 0 aromatic rings. The third-order valence-corrected chi connectivity index (χ3v) is 10.3. The van der Waals surface area contributed by atoms with E-state index >= 15 is 0 Å². The third-order valence-electron chi connectivity index (χ3n) is 10.3. The minimum atomic E-state index is -0.797. The number of allylic oxidation sites excluding steroid dienone is 14. The summed E-state index contributed by atoms with van der Waals surface area (Å²) in [5.74, 6) is -0.946. The lowest BCUT2D eigenvalue weighted by molar-refractivity contribution is -0.167. The van der Waals surface area contributed by atoms with Crippen molar-refractivity contribution in [1.29, 1.82) is 0 Å². The molecule has 0 spiro atoms. The number of ether oxygens (including phenoxy) is 3. The fourth-order valence-corrected chi connectivity index (χ4v) is 6.58. The molecule has 6 nitrogen and oxygen atoms in total. The molecule has 348 valence electrons. The summed E-state index contributed by atoms with van der Waals surface area (Å²) in [5, 5.41) is 0. The zero-order valence-corrected chi connectivity index (χ0v) is 39.7. The molecule has 0 fully saturated rings. The molecule has 0 N–H and O–H groups in total. The van der Waals surface area contributed by atoms with Crippen molar-refractivity contribution in [2.45, 2.75) is 232 Å². The Hall–Kier alpha value is -3.41. The van der Waals surface area contributed by atoms with Crippen molar-refractivity contribution in [3.63, 3.8) is 0 Å². The van der Waals surface area contributed by atoms with Crippen molar-refractivity contribution < 1.29 is 28.6 Å². The highest BCUT2D eigenvalue weighted by atomic mass is 16.6. The number of hydrogen-bond acceptors (Lipinski definition) is 6. The minimum absolute atomic E-state index is 0.0954. The molecule has 0 rings (SSSR count). The number of unbranched alkanes of at least 4 members (excludes halogenated alkanes) is 19. The first-order valence-corrected chi connectivity index (χ1v) is 25.1. The number of carbonyl (C=O) groups is 3. The molecule has 0 saturated carbocycles. The van der Waals surface area contributed by atoms with Crippen LogP contribution in [0, 0.1) is 0 Å². The molecule has 0 radical (unpaired) electrons. The lowest BCUT2D eigenvalue weighted by Gasteiger charge is -2.18. The number of esters is 3. The van der Waals surface area contributed by atoms with Crippen LogP contribution < -0.4 is 0 Å². The first-order valence-electron chi connectivity index (χ1n) is 25.1. The lowest BCUT2D eigenvalue weighted by atomic mass is 10.1. The van der Waals surface area contributed by atoms with Crippen LogP contribution in [0.4, 0.5) is 0 Å². The first kappa shape index (κ1) is 57.6. The molecule has 1 unspecified atom stereocenters. The predicted molar refractivity (Wildman–Crippen MR) is 261 cm³/mol. The van der Waals surface area contributed by atoms with Gasteiger partial charge in [-0.1, -0.05) is 183 Å². The Kier molecular flexibility index (Phi) is 46.5. The van der Waals surface area contributed by atoms with Gasteiger partial charge in [0.1, 0.15) is 13.2 Å². The Morgan fingerprint density at radius 3 is 1.08 bits per heavy atom. The van der Waals surface area contributed by atoms with E-state index in [0.29, 0.717) is 19.3 Å². The van der Waals surface area contributed by atoms with Gasteiger partial charge in [0.2, 0.25) is 0 Å². The van der Waals surface area contributed by atoms with Crippen LogP contribution in [0.1, 0.15) is 226 Å². The van der Waals surface area contributed by atoms with Gasteiger partial charge in [0.15, 0.2) is 6.10 Å². The summed E-state index contributed by atoms with van der Waals surface area (Å²) in [6, 6.07) is 0. The van der Waals surface area contributed by atoms with Gasteiger partial charge in [-0.2, -0.15) is 0 Å². The number of carbonyl (C=O) groups excluding carboxylic acids is 3. The van der Waals surface area contributed by atoms with E-state index in [4.69, 9.17) is 14.2 Å². The van der Waals surface area contributed by atoms with E-state index in [1.165, 1.54) is 51.4 Å². The van der Waals surface area contributed by atoms with E-state index in [9.17, 15) is 14.4 Å². The molecule has 0 aliphatic heterocycles. The van der Waals surface area contributed by atoms with Crippen molar-refractivity contribution in [1.82, 2.24) is 0 Å². The van der Waals surface area contributed by atoms with Gasteiger partial charge < -0.3 is 14.2 Å². The summed E-state index contributed by atoms with van der Waals surface area (Å²) in [6.45, 7) is 6.39.